The lowest BCUT2D eigenvalue weighted by molar-refractivity contribution is -0.138. The molecule has 3 rings (SSSR count). The van der Waals surface area contributed by atoms with Gasteiger partial charge in [-0.05, 0) is 40.5 Å². The van der Waals surface area contributed by atoms with Gasteiger partial charge in [-0.3, -0.25) is 9.59 Å². The maximum absolute atomic E-state index is 12.6. The van der Waals surface area contributed by atoms with Gasteiger partial charge in [0.25, 0.3) is 0 Å². The van der Waals surface area contributed by atoms with Gasteiger partial charge >= 0.3 is 12.1 Å². The Morgan fingerprint density at radius 2 is 1.54 bits per heavy atom. The first-order chi connectivity index (χ1) is 16.6. The number of benzene rings is 2. The third kappa shape index (κ3) is 6.84. The fourth-order valence-electron chi connectivity index (χ4n) is 4.51. The summed E-state index contributed by atoms with van der Waals surface area (Å²) in [7, 11) is 0. The normalized spacial score (nSPS) is 14.4. The average Bonchev–Trinajstić information content (AvgIpc) is 3.13. The van der Waals surface area contributed by atoms with Crippen LogP contribution in [0.25, 0.3) is 11.1 Å². The van der Waals surface area contributed by atoms with Crippen LogP contribution in [-0.4, -0.2) is 41.8 Å². The first-order valence-electron chi connectivity index (χ1n) is 12.2. The molecule has 35 heavy (non-hydrogen) atoms. The van der Waals surface area contributed by atoms with E-state index in [1.807, 2.05) is 52.0 Å². The number of hydrogen-bond donors (Lipinski definition) is 3. The molecule has 2 amide bonds. The highest BCUT2D eigenvalue weighted by Gasteiger charge is 2.30. The third-order valence-electron chi connectivity index (χ3n) is 6.64. The van der Waals surface area contributed by atoms with Crippen LogP contribution in [0.2, 0.25) is 0 Å². The molecule has 7 heteroatoms. The molecule has 1 aliphatic rings. The van der Waals surface area contributed by atoms with Crippen LogP contribution in [0.3, 0.4) is 0 Å². The van der Waals surface area contributed by atoms with Crippen molar-refractivity contribution in [3.63, 3.8) is 0 Å². The molecule has 2 atom stereocenters. The van der Waals surface area contributed by atoms with Crippen molar-refractivity contribution in [2.75, 3.05) is 6.61 Å². The highest BCUT2D eigenvalue weighted by molar-refractivity contribution is 5.79. The molecule has 1 aliphatic carbocycles. The van der Waals surface area contributed by atoms with Crippen LogP contribution < -0.4 is 10.6 Å². The zero-order valence-corrected chi connectivity index (χ0v) is 21.0. The summed E-state index contributed by atoms with van der Waals surface area (Å²) in [5.74, 6) is -1.19. The fraction of sp³-hybridized carbons (Fsp3) is 0.464. The van der Waals surface area contributed by atoms with Gasteiger partial charge in [-0.25, -0.2) is 4.79 Å². The highest BCUT2D eigenvalue weighted by Crippen LogP contribution is 2.44. The number of fused-ring (bicyclic) bond motifs is 3. The first-order valence-corrected chi connectivity index (χ1v) is 12.2. The van der Waals surface area contributed by atoms with E-state index in [0.29, 0.717) is 12.8 Å². The van der Waals surface area contributed by atoms with Crippen molar-refractivity contribution >= 4 is 18.0 Å². The molecule has 0 aliphatic heterocycles. The molecule has 0 radical (unpaired) electrons. The number of nitrogens with one attached hydrogen (secondary N) is 2. The number of rotatable bonds is 10. The van der Waals surface area contributed by atoms with Gasteiger partial charge in [0.05, 0.1) is 6.42 Å². The Morgan fingerprint density at radius 3 is 2.06 bits per heavy atom. The lowest BCUT2D eigenvalue weighted by Gasteiger charge is -2.30. The van der Waals surface area contributed by atoms with Gasteiger partial charge in [0.1, 0.15) is 6.61 Å². The van der Waals surface area contributed by atoms with E-state index >= 15 is 0 Å². The van der Waals surface area contributed by atoms with Crippen LogP contribution in [0.15, 0.2) is 48.5 Å². The Kier molecular flexibility index (Phi) is 8.54. The summed E-state index contributed by atoms with van der Waals surface area (Å²) in [6, 6.07) is 15.7. The van der Waals surface area contributed by atoms with Crippen molar-refractivity contribution in [1.82, 2.24) is 10.6 Å². The first kappa shape index (κ1) is 26.3. The fourth-order valence-corrected chi connectivity index (χ4v) is 4.51. The number of ether oxygens (including phenoxy) is 1. The van der Waals surface area contributed by atoms with E-state index in [1.54, 1.807) is 0 Å². The minimum atomic E-state index is -0.950. The van der Waals surface area contributed by atoms with Crippen LogP contribution >= 0.6 is 0 Å². The van der Waals surface area contributed by atoms with Crippen molar-refractivity contribution in [2.45, 2.75) is 71.4 Å². The largest absolute Gasteiger partial charge is 0.481 e. The molecule has 0 aromatic heterocycles. The summed E-state index contributed by atoms with van der Waals surface area (Å²) in [6.45, 7) is 7.87. The predicted molar refractivity (Wildman–Crippen MR) is 135 cm³/mol. The molecule has 0 fully saturated rings. The minimum absolute atomic E-state index is 0.0115. The lowest BCUT2D eigenvalue weighted by atomic mass is 9.84. The number of carbonyl (C=O) groups is 3. The van der Waals surface area contributed by atoms with Gasteiger partial charge in [-0.2, -0.15) is 0 Å². The molecule has 3 N–H and O–H groups in total. The van der Waals surface area contributed by atoms with Crippen LogP contribution in [0.4, 0.5) is 4.79 Å². The second kappa shape index (κ2) is 11.4. The molecule has 0 bridgehead atoms. The van der Waals surface area contributed by atoms with E-state index in [-0.39, 0.29) is 42.7 Å². The van der Waals surface area contributed by atoms with Crippen molar-refractivity contribution in [3.8, 4) is 11.1 Å². The summed E-state index contributed by atoms with van der Waals surface area (Å²) < 4.78 is 5.62. The molecule has 0 saturated carbocycles. The molecule has 0 saturated heterocycles. The van der Waals surface area contributed by atoms with Crippen molar-refractivity contribution in [1.29, 1.82) is 0 Å². The number of hydrogen-bond acceptors (Lipinski definition) is 4. The molecular formula is C28H36N2O5. The third-order valence-corrected chi connectivity index (χ3v) is 6.64. The maximum atomic E-state index is 12.6. The molecule has 0 heterocycles. The molecule has 0 spiro atoms. The summed E-state index contributed by atoms with van der Waals surface area (Å²) in [6.07, 6.45) is 0.641. The van der Waals surface area contributed by atoms with Gasteiger partial charge in [0, 0.05) is 24.4 Å². The molecule has 188 valence electrons. The lowest BCUT2D eigenvalue weighted by Crippen LogP contribution is -2.45. The van der Waals surface area contributed by atoms with Gasteiger partial charge in [-0.1, -0.05) is 76.2 Å². The smallest absolute Gasteiger partial charge is 0.407 e. The monoisotopic (exact) mass is 480 g/mol. The van der Waals surface area contributed by atoms with Gasteiger partial charge < -0.3 is 20.5 Å². The number of aliphatic carboxylic acids is 1. The number of carboxylic acids is 1. The summed E-state index contributed by atoms with van der Waals surface area (Å²) >= 11 is 0. The Labute approximate surface area is 207 Å². The van der Waals surface area contributed by atoms with Crippen molar-refractivity contribution in [3.05, 3.63) is 59.7 Å². The van der Waals surface area contributed by atoms with Crippen molar-refractivity contribution in [2.24, 2.45) is 5.41 Å². The van der Waals surface area contributed by atoms with Crippen LogP contribution in [0.5, 0.6) is 0 Å². The van der Waals surface area contributed by atoms with E-state index in [4.69, 9.17) is 9.84 Å². The molecular weight excluding hydrogens is 444 g/mol. The molecule has 7 nitrogen and oxygen atoms in total. The number of carboxylic acid groups (broad SMARTS) is 1. The van der Waals surface area contributed by atoms with Gasteiger partial charge in [-0.15, -0.1) is 0 Å². The standard InChI is InChI=1S/C28H36N2O5/c1-5-18(14-15-25(31)30-24(16-26(32)33)28(2,3)4)29-27(34)35-17-23-21-12-8-6-10-19(21)20-11-7-9-13-22(20)23/h6-13,18,23-24H,5,14-17H2,1-4H3,(H,29,34)(H,30,31)(H,32,33). The summed E-state index contributed by atoms with van der Waals surface area (Å²) in [5, 5.41) is 14.9. The van der Waals surface area contributed by atoms with E-state index in [1.165, 1.54) is 11.1 Å². The topological polar surface area (TPSA) is 105 Å². The highest BCUT2D eigenvalue weighted by atomic mass is 16.5. The molecule has 2 aromatic rings. The van der Waals surface area contributed by atoms with Crippen LogP contribution in [0, 0.1) is 5.41 Å². The number of amides is 2. The molecule has 2 unspecified atom stereocenters. The van der Waals surface area contributed by atoms with E-state index < -0.39 is 18.1 Å². The Hall–Kier alpha value is -3.35. The predicted octanol–water partition coefficient (Wildman–Crippen LogP) is 5.09. The zero-order valence-electron chi connectivity index (χ0n) is 21.0. The van der Waals surface area contributed by atoms with Crippen LogP contribution in [0.1, 0.15) is 70.4 Å². The summed E-state index contributed by atoms with van der Waals surface area (Å²) in [4.78, 5) is 36.2. The van der Waals surface area contributed by atoms with E-state index in [0.717, 1.165) is 11.1 Å². The Morgan fingerprint density at radius 1 is 0.971 bits per heavy atom. The minimum Gasteiger partial charge on any atom is -0.481 e. The second-order valence-electron chi connectivity index (χ2n) is 10.2. The molecule has 2 aromatic carbocycles. The zero-order chi connectivity index (χ0) is 25.6. The number of carbonyl (C=O) groups excluding carboxylic acids is 2. The van der Waals surface area contributed by atoms with Gasteiger partial charge in [0.2, 0.25) is 5.91 Å². The van der Waals surface area contributed by atoms with Crippen LogP contribution in [-0.2, 0) is 14.3 Å². The van der Waals surface area contributed by atoms with E-state index in [2.05, 4.69) is 34.9 Å². The van der Waals surface area contributed by atoms with Gasteiger partial charge in [0.15, 0.2) is 0 Å². The van der Waals surface area contributed by atoms with E-state index in [9.17, 15) is 14.4 Å². The Balaban J connectivity index is 1.51. The Bertz CT molecular complexity index is 1010. The maximum Gasteiger partial charge on any atom is 0.407 e. The second-order valence-corrected chi connectivity index (χ2v) is 10.2. The SMILES string of the molecule is CCC(CCC(=O)NC(CC(=O)O)C(C)(C)C)NC(=O)OCC1c2ccccc2-c2ccccc21. The number of alkyl carbamates (subject to hydrolysis) is 1. The summed E-state index contributed by atoms with van der Waals surface area (Å²) in [5.41, 5.74) is 4.27. The quantitative estimate of drug-likeness (QED) is 0.439. The van der Waals surface area contributed by atoms with Crippen molar-refractivity contribution < 1.29 is 24.2 Å². The average molecular weight is 481 g/mol.